The van der Waals surface area contributed by atoms with Crippen molar-refractivity contribution in [3.63, 3.8) is 0 Å². The van der Waals surface area contributed by atoms with E-state index in [1.54, 1.807) is 19.2 Å². The third-order valence-electron chi connectivity index (χ3n) is 4.91. The molecule has 2 N–H and O–H groups in total. The van der Waals surface area contributed by atoms with Crippen LogP contribution in [0.4, 0.5) is 17.1 Å². The zero-order chi connectivity index (χ0) is 23.3. The quantitative estimate of drug-likeness (QED) is 0.394. The average molecular weight is 474 g/mol. The molecule has 3 rings (SSSR count). The number of anilines is 3. The van der Waals surface area contributed by atoms with Gasteiger partial charge in [0.05, 0.1) is 52.4 Å². The average Bonchev–Trinajstić information content (AvgIpc) is 2.77. The smallest absolute Gasteiger partial charge is 0.142 e. The maximum Gasteiger partial charge on any atom is 0.142 e. The number of fused-ring (bicyclic) bond motifs is 1. The fraction of sp³-hybridized carbons (Fsp3) is 0.304. The molecular weight excluding hydrogens is 449 g/mol. The van der Waals surface area contributed by atoms with Gasteiger partial charge in [0.15, 0.2) is 0 Å². The maximum absolute atomic E-state index is 9.68. The van der Waals surface area contributed by atoms with Crippen LogP contribution in [-0.2, 0) is 0 Å². The van der Waals surface area contributed by atoms with Gasteiger partial charge in [0.2, 0.25) is 0 Å². The molecule has 0 spiro atoms. The standard InChI is InChI=1S/C23H25Cl2N5O2/c1-30(2)7-5-6-27-20-10-18-15(8-22(20)32-4)23(14(12-26)13-28-18)29-19-11-21(31-3)17(25)9-16(19)24/h8-11,13,27H,5-7H2,1-4H3,(H,28,29). The highest BCUT2D eigenvalue weighted by Gasteiger charge is 2.16. The van der Waals surface area contributed by atoms with Crippen LogP contribution < -0.4 is 20.1 Å². The summed E-state index contributed by atoms with van der Waals surface area (Å²) in [6, 6.07) is 9.25. The van der Waals surface area contributed by atoms with Crippen molar-refractivity contribution in [2.24, 2.45) is 0 Å². The molecule has 7 nitrogen and oxygen atoms in total. The van der Waals surface area contributed by atoms with Crippen molar-refractivity contribution in [2.75, 3.05) is 52.0 Å². The van der Waals surface area contributed by atoms with Crippen molar-refractivity contribution in [1.29, 1.82) is 5.26 Å². The summed E-state index contributed by atoms with van der Waals surface area (Å²) >= 11 is 12.6. The van der Waals surface area contributed by atoms with Gasteiger partial charge in [-0.2, -0.15) is 5.26 Å². The first-order valence-electron chi connectivity index (χ1n) is 9.97. The molecule has 0 saturated heterocycles. The van der Waals surface area contributed by atoms with E-state index in [2.05, 4.69) is 26.6 Å². The van der Waals surface area contributed by atoms with E-state index in [4.69, 9.17) is 32.7 Å². The molecule has 32 heavy (non-hydrogen) atoms. The van der Waals surface area contributed by atoms with Crippen molar-refractivity contribution in [3.05, 3.63) is 46.1 Å². The molecule has 0 bridgehead atoms. The lowest BCUT2D eigenvalue weighted by Gasteiger charge is -2.17. The molecule has 168 valence electrons. The number of pyridine rings is 1. The van der Waals surface area contributed by atoms with E-state index < -0.39 is 0 Å². The van der Waals surface area contributed by atoms with Crippen molar-refractivity contribution in [3.8, 4) is 17.6 Å². The lowest BCUT2D eigenvalue weighted by atomic mass is 10.1. The number of rotatable bonds is 9. The molecule has 0 aliphatic heterocycles. The number of hydrogen-bond acceptors (Lipinski definition) is 7. The summed E-state index contributed by atoms with van der Waals surface area (Å²) in [7, 11) is 7.23. The number of methoxy groups -OCH3 is 2. The molecular formula is C23H25Cl2N5O2. The molecule has 0 atom stereocenters. The van der Waals surface area contributed by atoms with Crippen LogP contribution in [-0.4, -0.2) is 51.3 Å². The number of nitrogens with zero attached hydrogens (tertiary/aromatic N) is 3. The molecule has 0 fully saturated rings. The van der Waals surface area contributed by atoms with Crippen LogP contribution >= 0.6 is 23.2 Å². The fourth-order valence-corrected chi connectivity index (χ4v) is 3.79. The van der Waals surface area contributed by atoms with Gasteiger partial charge in [-0.3, -0.25) is 4.98 Å². The third kappa shape index (κ3) is 5.28. The summed E-state index contributed by atoms with van der Waals surface area (Å²) in [5.41, 5.74) is 3.05. The summed E-state index contributed by atoms with van der Waals surface area (Å²) in [4.78, 5) is 6.61. The van der Waals surface area contributed by atoms with Gasteiger partial charge in [0, 0.05) is 24.2 Å². The van der Waals surface area contributed by atoms with E-state index in [-0.39, 0.29) is 0 Å². The fourth-order valence-electron chi connectivity index (χ4n) is 3.28. The molecule has 1 heterocycles. The molecule has 0 radical (unpaired) electrons. The third-order valence-corrected chi connectivity index (χ3v) is 5.52. The number of hydrogen-bond donors (Lipinski definition) is 2. The largest absolute Gasteiger partial charge is 0.495 e. The van der Waals surface area contributed by atoms with Crippen molar-refractivity contribution in [1.82, 2.24) is 9.88 Å². The van der Waals surface area contributed by atoms with Gasteiger partial charge in [-0.05, 0) is 45.3 Å². The lowest BCUT2D eigenvalue weighted by molar-refractivity contribution is 0.404. The molecule has 0 aliphatic rings. The summed E-state index contributed by atoms with van der Waals surface area (Å²) in [6.45, 7) is 1.77. The summed E-state index contributed by atoms with van der Waals surface area (Å²) in [5.74, 6) is 1.12. The number of benzene rings is 2. The van der Waals surface area contributed by atoms with Crippen LogP contribution in [0, 0.1) is 11.3 Å². The van der Waals surface area contributed by atoms with Gasteiger partial charge in [-0.15, -0.1) is 0 Å². The second-order valence-electron chi connectivity index (χ2n) is 7.40. The van der Waals surface area contributed by atoms with E-state index in [0.717, 1.165) is 30.6 Å². The molecule has 9 heteroatoms. The molecule has 1 aromatic heterocycles. The molecule has 0 unspecified atom stereocenters. The van der Waals surface area contributed by atoms with Gasteiger partial charge in [0.1, 0.15) is 17.6 Å². The summed E-state index contributed by atoms with van der Waals surface area (Å²) < 4.78 is 10.9. The molecule has 0 amide bonds. The van der Waals surface area contributed by atoms with Gasteiger partial charge in [0.25, 0.3) is 0 Å². The summed E-state index contributed by atoms with van der Waals surface area (Å²) in [6.07, 6.45) is 2.52. The van der Waals surface area contributed by atoms with E-state index in [1.807, 2.05) is 26.2 Å². The highest BCUT2D eigenvalue weighted by Crippen LogP contribution is 2.39. The van der Waals surface area contributed by atoms with Crippen molar-refractivity contribution < 1.29 is 9.47 Å². The number of halogens is 2. The molecule has 3 aromatic rings. The molecule has 0 aliphatic carbocycles. The Morgan fingerprint density at radius 3 is 2.44 bits per heavy atom. The minimum atomic E-state index is 0.372. The zero-order valence-corrected chi connectivity index (χ0v) is 19.9. The number of ether oxygens (including phenoxy) is 2. The second-order valence-corrected chi connectivity index (χ2v) is 8.22. The Morgan fingerprint density at radius 1 is 1.03 bits per heavy atom. The Kier molecular flexibility index (Phi) is 7.86. The van der Waals surface area contributed by atoms with Crippen LogP contribution in [0.5, 0.6) is 11.5 Å². The normalized spacial score (nSPS) is 10.8. The Labute approximate surface area is 197 Å². The predicted molar refractivity (Wildman–Crippen MR) is 131 cm³/mol. The number of nitriles is 1. The van der Waals surface area contributed by atoms with Gasteiger partial charge >= 0.3 is 0 Å². The van der Waals surface area contributed by atoms with Crippen molar-refractivity contribution in [2.45, 2.75) is 6.42 Å². The van der Waals surface area contributed by atoms with Crippen molar-refractivity contribution >= 4 is 51.2 Å². The minimum Gasteiger partial charge on any atom is -0.495 e. The lowest BCUT2D eigenvalue weighted by Crippen LogP contribution is -2.16. The Balaban J connectivity index is 2.03. The highest BCUT2D eigenvalue weighted by molar-refractivity contribution is 6.37. The Morgan fingerprint density at radius 2 is 1.78 bits per heavy atom. The predicted octanol–water partition coefficient (Wildman–Crippen LogP) is 5.54. The van der Waals surface area contributed by atoms with E-state index in [0.29, 0.717) is 44.0 Å². The van der Waals surface area contributed by atoms with Crippen LogP contribution in [0.15, 0.2) is 30.5 Å². The first-order valence-corrected chi connectivity index (χ1v) is 10.7. The monoisotopic (exact) mass is 473 g/mol. The SMILES string of the molecule is COc1cc(Nc2c(C#N)cnc3cc(NCCCN(C)C)c(OC)cc23)c(Cl)cc1Cl. The first-order chi connectivity index (χ1) is 15.4. The first kappa shape index (κ1) is 23.7. The van der Waals surface area contributed by atoms with Crippen LogP contribution in [0.2, 0.25) is 10.0 Å². The minimum absolute atomic E-state index is 0.372. The maximum atomic E-state index is 9.68. The van der Waals surface area contributed by atoms with E-state index in [9.17, 15) is 5.26 Å². The summed E-state index contributed by atoms with van der Waals surface area (Å²) in [5, 5.41) is 17.9. The Hall–Kier alpha value is -2.92. The van der Waals surface area contributed by atoms with Gasteiger partial charge in [-0.1, -0.05) is 23.2 Å². The van der Waals surface area contributed by atoms with Crippen LogP contribution in [0.25, 0.3) is 10.9 Å². The van der Waals surface area contributed by atoms with Gasteiger partial charge in [-0.25, -0.2) is 0 Å². The topological polar surface area (TPSA) is 82.4 Å². The van der Waals surface area contributed by atoms with Crippen LogP contribution in [0.1, 0.15) is 12.0 Å². The van der Waals surface area contributed by atoms with E-state index >= 15 is 0 Å². The highest BCUT2D eigenvalue weighted by atomic mass is 35.5. The Bertz CT molecular complexity index is 1160. The van der Waals surface area contributed by atoms with Gasteiger partial charge < -0.3 is 25.0 Å². The number of aromatic nitrogens is 1. The number of nitrogens with one attached hydrogen (secondary N) is 2. The molecule has 2 aromatic carbocycles. The zero-order valence-electron chi connectivity index (χ0n) is 18.4. The molecule has 0 saturated carbocycles. The second kappa shape index (κ2) is 10.6. The van der Waals surface area contributed by atoms with E-state index in [1.165, 1.54) is 13.3 Å². The van der Waals surface area contributed by atoms with Crippen LogP contribution in [0.3, 0.4) is 0 Å².